The number of carbonyl (C=O) groups excluding carboxylic acids is 2. The van der Waals surface area contributed by atoms with Crippen molar-refractivity contribution >= 4 is 29.3 Å². The third kappa shape index (κ3) is 6.14. The van der Waals surface area contributed by atoms with Crippen molar-refractivity contribution < 1.29 is 23.1 Å². The maximum absolute atomic E-state index is 13.6. The van der Waals surface area contributed by atoms with Gasteiger partial charge >= 0.3 is 5.97 Å². The van der Waals surface area contributed by atoms with Gasteiger partial charge in [-0.1, -0.05) is 24.3 Å². The molecule has 0 saturated carbocycles. The van der Waals surface area contributed by atoms with Crippen LogP contribution in [0.4, 0.5) is 14.5 Å². The predicted molar refractivity (Wildman–Crippen MR) is 112 cm³/mol. The molecule has 1 N–H and O–H groups in total. The van der Waals surface area contributed by atoms with Crippen LogP contribution in [-0.4, -0.2) is 18.5 Å². The Morgan fingerprint density at radius 3 is 2.52 bits per heavy atom. The summed E-state index contributed by atoms with van der Waals surface area (Å²) in [5, 5.41) is 11.0. The molecule has 8 heteroatoms. The highest BCUT2D eigenvalue weighted by Crippen LogP contribution is 2.27. The van der Waals surface area contributed by atoms with Crippen LogP contribution < -0.4 is 5.32 Å². The molecule has 3 aromatic rings. The van der Waals surface area contributed by atoms with E-state index in [2.05, 4.69) is 11.4 Å². The molecule has 0 heterocycles. The van der Waals surface area contributed by atoms with Crippen molar-refractivity contribution in [2.45, 2.75) is 10.6 Å². The van der Waals surface area contributed by atoms with Crippen LogP contribution in [0.5, 0.6) is 0 Å². The number of benzene rings is 3. The van der Waals surface area contributed by atoms with Crippen LogP contribution in [0.1, 0.15) is 21.5 Å². The van der Waals surface area contributed by atoms with Crippen molar-refractivity contribution in [2.75, 3.05) is 11.9 Å². The number of nitriles is 1. The lowest BCUT2D eigenvalue weighted by Gasteiger charge is -2.10. The zero-order chi connectivity index (χ0) is 22.2. The van der Waals surface area contributed by atoms with E-state index < -0.39 is 30.1 Å². The van der Waals surface area contributed by atoms with Crippen molar-refractivity contribution in [2.24, 2.45) is 0 Å². The summed E-state index contributed by atoms with van der Waals surface area (Å²) in [5.41, 5.74) is 1.49. The zero-order valence-electron chi connectivity index (χ0n) is 16.1. The third-order valence-electron chi connectivity index (χ3n) is 4.12. The number of hydrogen-bond donors (Lipinski definition) is 1. The Hall–Kier alpha value is -3.70. The van der Waals surface area contributed by atoms with E-state index in [0.29, 0.717) is 16.2 Å². The van der Waals surface area contributed by atoms with Gasteiger partial charge in [-0.05, 0) is 42.0 Å². The zero-order valence-corrected chi connectivity index (χ0v) is 16.9. The van der Waals surface area contributed by atoms with Crippen LogP contribution in [0.15, 0.2) is 71.6 Å². The van der Waals surface area contributed by atoms with Crippen LogP contribution in [0, 0.1) is 23.0 Å². The molecule has 0 saturated heterocycles. The second-order valence-corrected chi connectivity index (χ2v) is 7.36. The van der Waals surface area contributed by atoms with E-state index >= 15 is 0 Å². The Morgan fingerprint density at radius 2 is 1.77 bits per heavy atom. The number of nitrogens with one attached hydrogen (secondary N) is 1. The van der Waals surface area contributed by atoms with Gasteiger partial charge in [0.1, 0.15) is 11.6 Å². The predicted octanol–water partition coefficient (Wildman–Crippen LogP) is 4.92. The normalized spacial score (nSPS) is 10.2. The number of thioether (sulfide) groups is 1. The summed E-state index contributed by atoms with van der Waals surface area (Å²) in [4.78, 5) is 25.1. The maximum Gasteiger partial charge on any atom is 0.339 e. The van der Waals surface area contributed by atoms with Gasteiger partial charge in [-0.3, -0.25) is 4.79 Å². The van der Waals surface area contributed by atoms with E-state index in [4.69, 9.17) is 10.00 Å². The van der Waals surface area contributed by atoms with Crippen LogP contribution in [0.2, 0.25) is 0 Å². The minimum Gasteiger partial charge on any atom is -0.452 e. The molecule has 0 aliphatic rings. The van der Waals surface area contributed by atoms with E-state index in [9.17, 15) is 18.4 Å². The molecule has 0 atom stereocenters. The molecule has 3 rings (SSSR count). The summed E-state index contributed by atoms with van der Waals surface area (Å²) in [6, 6.07) is 18.6. The number of rotatable bonds is 7. The maximum atomic E-state index is 13.6. The molecule has 3 aromatic carbocycles. The van der Waals surface area contributed by atoms with Gasteiger partial charge in [0.2, 0.25) is 0 Å². The number of carbonyl (C=O) groups is 2. The summed E-state index contributed by atoms with van der Waals surface area (Å²) < 4.78 is 31.8. The lowest BCUT2D eigenvalue weighted by Crippen LogP contribution is -2.21. The Morgan fingerprint density at radius 1 is 1.03 bits per heavy atom. The molecule has 0 bridgehead atoms. The van der Waals surface area contributed by atoms with E-state index in [1.54, 1.807) is 36.4 Å². The van der Waals surface area contributed by atoms with Crippen molar-refractivity contribution in [3.8, 4) is 6.07 Å². The van der Waals surface area contributed by atoms with Gasteiger partial charge in [0.15, 0.2) is 6.61 Å². The fraction of sp³-hybridized carbons (Fsp3) is 0.0870. The number of nitrogens with zero attached hydrogens (tertiary/aromatic N) is 1. The fourth-order valence-corrected chi connectivity index (χ4v) is 3.58. The molecule has 0 aliphatic heterocycles. The molecule has 156 valence electrons. The first-order valence-electron chi connectivity index (χ1n) is 9.09. The van der Waals surface area contributed by atoms with Crippen LogP contribution in [0.25, 0.3) is 0 Å². The number of amides is 1. The van der Waals surface area contributed by atoms with Crippen LogP contribution >= 0.6 is 11.8 Å². The number of esters is 1. The first kappa shape index (κ1) is 22.0. The minimum absolute atomic E-state index is 0.283. The number of ether oxygens (including phenoxy) is 1. The van der Waals surface area contributed by atoms with E-state index in [-0.39, 0.29) is 11.3 Å². The molecular formula is C23H16F2N2O3S. The summed E-state index contributed by atoms with van der Waals surface area (Å²) >= 11 is 1.41. The molecular weight excluding hydrogens is 422 g/mol. The molecule has 0 fully saturated rings. The smallest absolute Gasteiger partial charge is 0.339 e. The summed E-state index contributed by atoms with van der Waals surface area (Å²) in [5.74, 6) is -2.44. The van der Waals surface area contributed by atoms with E-state index in [0.717, 1.165) is 23.8 Å². The molecule has 0 radical (unpaired) electrons. The molecule has 0 aliphatic carbocycles. The molecule has 31 heavy (non-hydrogen) atoms. The fourth-order valence-electron chi connectivity index (χ4n) is 2.59. The topological polar surface area (TPSA) is 79.2 Å². The first-order chi connectivity index (χ1) is 15.0. The highest BCUT2D eigenvalue weighted by Gasteiger charge is 2.16. The highest BCUT2D eigenvalue weighted by molar-refractivity contribution is 7.98. The van der Waals surface area contributed by atoms with Gasteiger partial charge in [0.05, 0.1) is 22.9 Å². The SMILES string of the molecule is N#Cc1ccc(CSc2ccccc2C(=O)OCC(=O)Nc2cc(F)ccc2F)cc1. The largest absolute Gasteiger partial charge is 0.452 e. The quantitative estimate of drug-likeness (QED) is 0.418. The van der Waals surface area contributed by atoms with Gasteiger partial charge in [0.25, 0.3) is 5.91 Å². The average Bonchev–Trinajstić information content (AvgIpc) is 2.79. The number of anilines is 1. The van der Waals surface area contributed by atoms with Gasteiger partial charge in [0, 0.05) is 16.7 Å². The second kappa shape index (κ2) is 10.4. The number of hydrogen-bond acceptors (Lipinski definition) is 5. The lowest BCUT2D eigenvalue weighted by molar-refractivity contribution is -0.119. The van der Waals surface area contributed by atoms with E-state index in [1.165, 1.54) is 11.8 Å². The van der Waals surface area contributed by atoms with Gasteiger partial charge in [-0.2, -0.15) is 5.26 Å². The lowest BCUT2D eigenvalue weighted by atomic mass is 10.2. The molecule has 0 aromatic heterocycles. The monoisotopic (exact) mass is 438 g/mol. The molecule has 0 unspecified atom stereocenters. The Labute approximate surface area is 181 Å². The molecule has 0 spiro atoms. The summed E-state index contributed by atoms with van der Waals surface area (Å²) in [6.45, 7) is -0.649. The van der Waals surface area contributed by atoms with Crippen molar-refractivity contribution in [1.29, 1.82) is 5.26 Å². The van der Waals surface area contributed by atoms with Crippen LogP contribution in [0.3, 0.4) is 0 Å². The molecule has 5 nitrogen and oxygen atoms in total. The Bertz CT molecular complexity index is 1140. The average molecular weight is 438 g/mol. The van der Waals surface area contributed by atoms with Gasteiger partial charge < -0.3 is 10.1 Å². The minimum atomic E-state index is -0.800. The van der Waals surface area contributed by atoms with Crippen LogP contribution in [-0.2, 0) is 15.3 Å². The van der Waals surface area contributed by atoms with E-state index in [1.807, 2.05) is 12.1 Å². The summed E-state index contributed by atoms with van der Waals surface area (Å²) in [6.07, 6.45) is 0. The standard InChI is InChI=1S/C23H16F2N2O3S/c24-17-9-10-19(25)20(11-17)27-22(28)13-30-23(29)18-3-1-2-4-21(18)31-14-16-7-5-15(12-26)6-8-16/h1-11H,13-14H2,(H,27,28). The van der Waals surface area contributed by atoms with Gasteiger partial charge in [-0.15, -0.1) is 11.8 Å². The highest BCUT2D eigenvalue weighted by atomic mass is 32.2. The Kier molecular flexibility index (Phi) is 7.35. The third-order valence-corrected chi connectivity index (χ3v) is 5.27. The van der Waals surface area contributed by atoms with Crippen molar-refractivity contribution in [1.82, 2.24) is 0 Å². The first-order valence-corrected chi connectivity index (χ1v) is 10.1. The van der Waals surface area contributed by atoms with Crippen molar-refractivity contribution in [3.63, 3.8) is 0 Å². The second-order valence-electron chi connectivity index (χ2n) is 6.34. The van der Waals surface area contributed by atoms with Gasteiger partial charge in [-0.25, -0.2) is 13.6 Å². The Balaban J connectivity index is 1.59. The molecule has 1 amide bonds. The van der Waals surface area contributed by atoms with Crippen molar-refractivity contribution in [3.05, 3.63) is 95.1 Å². The number of halogens is 2. The summed E-state index contributed by atoms with van der Waals surface area (Å²) in [7, 11) is 0.